The normalized spacial score (nSPS) is 11.8. The van der Waals surface area contributed by atoms with Gasteiger partial charge in [0, 0.05) is 12.6 Å². The Hall–Kier alpha value is -3.35. The standard InChI is InChI=1S/C23H27N3O4/c1-6-20(29-19-10-7-15(2)16(3)13-19)23(27)26(4)14-21-24-22(25-30-21)17-8-11-18(28-5)12-9-17/h7-13,20H,6,14H2,1-5H3. The molecule has 1 heterocycles. The van der Waals surface area contributed by atoms with E-state index in [0.29, 0.717) is 23.9 Å². The molecule has 0 aliphatic heterocycles. The zero-order chi connectivity index (χ0) is 21.7. The van der Waals surface area contributed by atoms with Gasteiger partial charge >= 0.3 is 0 Å². The summed E-state index contributed by atoms with van der Waals surface area (Å²) in [6.45, 7) is 6.19. The summed E-state index contributed by atoms with van der Waals surface area (Å²) in [5.74, 6) is 2.12. The minimum atomic E-state index is -0.582. The topological polar surface area (TPSA) is 77.7 Å². The molecule has 0 saturated carbocycles. The third kappa shape index (κ3) is 4.97. The Morgan fingerprint density at radius 3 is 2.43 bits per heavy atom. The molecule has 30 heavy (non-hydrogen) atoms. The number of methoxy groups -OCH3 is 1. The zero-order valence-electron chi connectivity index (χ0n) is 18.0. The van der Waals surface area contributed by atoms with E-state index in [4.69, 9.17) is 14.0 Å². The number of hydrogen-bond acceptors (Lipinski definition) is 6. The fraction of sp³-hybridized carbons (Fsp3) is 0.348. The molecule has 0 N–H and O–H groups in total. The van der Waals surface area contributed by atoms with E-state index >= 15 is 0 Å². The molecule has 0 aliphatic rings. The van der Waals surface area contributed by atoms with Gasteiger partial charge in [-0.2, -0.15) is 4.98 Å². The van der Waals surface area contributed by atoms with E-state index in [9.17, 15) is 4.79 Å². The van der Waals surface area contributed by atoms with Crippen LogP contribution in [0.1, 0.15) is 30.4 Å². The number of likely N-dealkylation sites (N-methyl/N-ethyl adjacent to an activating group) is 1. The van der Waals surface area contributed by atoms with Crippen molar-refractivity contribution in [2.24, 2.45) is 0 Å². The summed E-state index contributed by atoms with van der Waals surface area (Å²) in [6, 6.07) is 13.2. The van der Waals surface area contributed by atoms with Gasteiger partial charge in [0.2, 0.25) is 11.7 Å². The van der Waals surface area contributed by atoms with Crippen LogP contribution in [0.3, 0.4) is 0 Å². The van der Waals surface area contributed by atoms with Crippen LogP contribution in [0.4, 0.5) is 0 Å². The van der Waals surface area contributed by atoms with Crippen LogP contribution in [0.15, 0.2) is 47.0 Å². The van der Waals surface area contributed by atoms with Gasteiger partial charge in [-0.15, -0.1) is 0 Å². The molecular weight excluding hydrogens is 382 g/mol. The van der Waals surface area contributed by atoms with Gasteiger partial charge in [-0.3, -0.25) is 4.79 Å². The molecule has 0 radical (unpaired) electrons. The number of aryl methyl sites for hydroxylation is 2. The SMILES string of the molecule is CCC(Oc1ccc(C)c(C)c1)C(=O)N(C)Cc1nc(-c2ccc(OC)cc2)no1. The predicted molar refractivity (Wildman–Crippen MR) is 113 cm³/mol. The second kappa shape index (κ2) is 9.43. The Morgan fingerprint density at radius 1 is 1.10 bits per heavy atom. The number of aromatic nitrogens is 2. The van der Waals surface area contributed by atoms with Crippen LogP contribution < -0.4 is 9.47 Å². The van der Waals surface area contributed by atoms with E-state index in [1.807, 2.05) is 63.2 Å². The minimum Gasteiger partial charge on any atom is -0.497 e. The van der Waals surface area contributed by atoms with Crippen LogP contribution >= 0.6 is 0 Å². The summed E-state index contributed by atoms with van der Waals surface area (Å²) in [4.78, 5) is 18.8. The zero-order valence-corrected chi connectivity index (χ0v) is 18.0. The van der Waals surface area contributed by atoms with Crippen molar-refractivity contribution < 1.29 is 18.8 Å². The van der Waals surface area contributed by atoms with Crippen LogP contribution in [0.2, 0.25) is 0 Å². The van der Waals surface area contributed by atoms with Crippen LogP contribution in [0.25, 0.3) is 11.4 Å². The van der Waals surface area contributed by atoms with Gasteiger partial charge in [0.1, 0.15) is 11.5 Å². The Bertz CT molecular complexity index is 998. The molecule has 1 atom stereocenters. The Balaban J connectivity index is 1.65. The predicted octanol–water partition coefficient (Wildman–Crippen LogP) is 4.18. The lowest BCUT2D eigenvalue weighted by atomic mass is 10.1. The highest BCUT2D eigenvalue weighted by atomic mass is 16.5. The van der Waals surface area contributed by atoms with E-state index in [2.05, 4.69) is 10.1 Å². The molecule has 0 saturated heterocycles. The molecule has 7 nitrogen and oxygen atoms in total. The van der Waals surface area contributed by atoms with E-state index in [1.54, 1.807) is 19.1 Å². The lowest BCUT2D eigenvalue weighted by molar-refractivity contribution is -0.138. The lowest BCUT2D eigenvalue weighted by Crippen LogP contribution is -2.39. The highest BCUT2D eigenvalue weighted by Crippen LogP contribution is 2.21. The van der Waals surface area contributed by atoms with E-state index < -0.39 is 6.10 Å². The van der Waals surface area contributed by atoms with Crippen molar-refractivity contribution in [1.29, 1.82) is 0 Å². The Labute approximate surface area is 176 Å². The van der Waals surface area contributed by atoms with Gasteiger partial charge in [-0.1, -0.05) is 18.1 Å². The van der Waals surface area contributed by atoms with Gasteiger partial charge in [-0.05, 0) is 67.8 Å². The van der Waals surface area contributed by atoms with Crippen LogP contribution in [0.5, 0.6) is 11.5 Å². The van der Waals surface area contributed by atoms with Gasteiger partial charge in [0.25, 0.3) is 5.91 Å². The third-order valence-corrected chi connectivity index (χ3v) is 4.97. The fourth-order valence-electron chi connectivity index (χ4n) is 2.96. The smallest absolute Gasteiger partial charge is 0.263 e. The summed E-state index contributed by atoms with van der Waals surface area (Å²) in [5.41, 5.74) is 3.12. The fourth-order valence-corrected chi connectivity index (χ4v) is 2.96. The number of amides is 1. The molecule has 3 aromatic rings. The minimum absolute atomic E-state index is 0.139. The maximum Gasteiger partial charge on any atom is 0.263 e. The number of nitrogens with zero attached hydrogens (tertiary/aromatic N) is 3. The lowest BCUT2D eigenvalue weighted by Gasteiger charge is -2.23. The first-order valence-corrected chi connectivity index (χ1v) is 9.87. The molecule has 158 valence electrons. The van der Waals surface area contributed by atoms with Gasteiger partial charge in [-0.25, -0.2) is 0 Å². The quantitative estimate of drug-likeness (QED) is 0.555. The number of carbonyl (C=O) groups excluding carboxylic acids is 1. The molecule has 2 aromatic carbocycles. The van der Waals surface area contributed by atoms with Crippen molar-refractivity contribution in [3.05, 3.63) is 59.5 Å². The van der Waals surface area contributed by atoms with Gasteiger partial charge in [0.15, 0.2) is 6.10 Å². The number of carbonyl (C=O) groups is 1. The first kappa shape index (κ1) is 21.4. The van der Waals surface area contributed by atoms with Crippen molar-refractivity contribution in [2.75, 3.05) is 14.2 Å². The maximum absolute atomic E-state index is 12.9. The first-order valence-electron chi connectivity index (χ1n) is 9.87. The van der Waals surface area contributed by atoms with Crippen LogP contribution in [-0.4, -0.2) is 41.2 Å². The average Bonchev–Trinajstić information content (AvgIpc) is 3.22. The molecule has 1 unspecified atom stereocenters. The summed E-state index contributed by atoms with van der Waals surface area (Å²) in [5, 5.41) is 4.01. The molecule has 1 amide bonds. The molecule has 0 fully saturated rings. The Morgan fingerprint density at radius 2 is 1.80 bits per heavy atom. The molecule has 3 rings (SSSR count). The number of ether oxygens (including phenoxy) is 2. The third-order valence-electron chi connectivity index (χ3n) is 4.97. The molecular formula is C23H27N3O4. The second-order valence-electron chi connectivity index (χ2n) is 7.20. The van der Waals surface area contributed by atoms with Gasteiger partial charge in [0.05, 0.1) is 13.7 Å². The average molecular weight is 409 g/mol. The number of hydrogen-bond donors (Lipinski definition) is 0. The number of benzene rings is 2. The summed E-state index contributed by atoms with van der Waals surface area (Å²) in [7, 11) is 3.31. The van der Waals surface area contributed by atoms with Crippen molar-refractivity contribution in [3.63, 3.8) is 0 Å². The van der Waals surface area contributed by atoms with E-state index in [0.717, 1.165) is 16.9 Å². The van der Waals surface area contributed by atoms with Crippen molar-refractivity contribution in [2.45, 2.75) is 39.8 Å². The van der Waals surface area contributed by atoms with Gasteiger partial charge < -0.3 is 18.9 Å². The second-order valence-corrected chi connectivity index (χ2v) is 7.20. The molecule has 7 heteroatoms. The van der Waals surface area contributed by atoms with E-state index in [-0.39, 0.29) is 12.5 Å². The van der Waals surface area contributed by atoms with Crippen molar-refractivity contribution in [1.82, 2.24) is 15.0 Å². The maximum atomic E-state index is 12.9. The van der Waals surface area contributed by atoms with E-state index in [1.165, 1.54) is 5.56 Å². The monoisotopic (exact) mass is 409 g/mol. The number of rotatable bonds is 8. The highest BCUT2D eigenvalue weighted by Gasteiger charge is 2.24. The molecule has 0 aliphatic carbocycles. The molecule has 0 bridgehead atoms. The first-order chi connectivity index (χ1) is 14.4. The van der Waals surface area contributed by atoms with Crippen LogP contribution in [0, 0.1) is 13.8 Å². The summed E-state index contributed by atoms with van der Waals surface area (Å²) < 4.78 is 16.4. The summed E-state index contributed by atoms with van der Waals surface area (Å²) >= 11 is 0. The molecule has 0 spiro atoms. The van der Waals surface area contributed by atoms with Crippen molar-refractivity contribution >= 4 is 5.91 Å². The van der Waals surface area contributed by atoms with Crippen molar-refractivity contribution in [3.8, 4) is 22.9 Å². The highest BCUT2D eigenvalue weighted by molar-refractivity contribution is 5.81. The molecule has 1 aromatic heterocycles. The largest absolute Gasteiger partial charge is 0.497 e. The van der Waals surface area contributed by atoms with Crippen LogP contribution in [-0.2, 0) is 11.3 Å². The summed E-state index contributed by atoms with van der Waals surface area (Å²) in [6.07, 6.45) is -0.0297. The Kier molecular flexibility index (Phi) is 6.72.